The first-order chi connectivity index (χ1) is 11.2. The molecule has 0 saturated carbocycles. The van der Waals surface area contributed by atoms with E-state index in [9.17, 15) is 4.79 Å². The Bertz CT molecular complexity index is 659. The van der Waals surface area contributed by atoms with Gasteiger partial charge < -0.3 is 20.1 Å². The zero-order valence-corrected chi connectivity index (χ0v) is 13.4. The molecule has 1 aromatic heterocycles. The summed E-state index contributed by atoms with van der Waals surface area (Å²) >= 11 is 0. The van der Waals surface area contributed by atoms with Gasteiger partial charge in [0.05, 0.1) is 19.9 Å². The molecule has 0 radical (unpaired) electrons. The standard InChI is InChI=1S/C16H20N4O3/c1-4-5-16(21)18-15-9-8-14(19-20-15)17-12-10-11(22-2)6-7-13(12)23-3/h6-10H,4-5H2,1-3H3,(H,17,19)(H,18,20,21). The van der Waals surface area contributed by atoms with E-state index < -0.39 is 0 Å². The molecule has 0 saturated heterocycles. The molecule has 0 atom stereocenters. The van der Waals surface area contributed by atoms with Crippen molar-refractivity contribution < 1.29 is 14.3 Å². The van der Waals surface area contributed by atoms with E-state index in [0.29, 0.717) is 35.2 Å². The van der Waals surface area contributed by atoms with E-state index in [4.69, 9.17) is 9.47 Å². The van der Waals surface area contributed by atoms with Gasteiger partial charge in [-0.05, 0) is 30.7 Å². The molecule has 122 valence electrons. The molecule has 0 unspecified atom stereocenters. The fourth-order valence-corrected chi connectivity index (χ4v) is 1.95. The molecule has 0 fully saturated rings. The molecule has 1 amide bonds. The molecular weight excluding hydrogens is 296 g/mol. The maximum atomic E-state index is 11.5. The van der Waals surface area contributed by atoms with E-state index in [0.717, 1.165) is 6.42 Å². The average molecular weight is 316 g/mol. The van der Waals surface area contributed by atoms with Gasteiger partial charge in [0, 0.05) is 12.5 Å². The highest BCUT2D eigenvalue weighted by Gasteiger charge is 2.07. The number of rotatable bonds is 7. The molecule has 2 aromatic rings. The minimum atomic E-state index is -0.0722. The highest BCUT2D eigenvalue weighted by Crippen LogP contribution is 2.30. The molecule has 2 rings (SSSR count). The number of carbonyl (C=O) groups excluding carboxylic acids is 1. The molecule has 7 nitrogen and oxygen atoms in total. The van der Waals surface area contributed by atoms with E-state index in [-0.39, 0.29) is 5.91 Å². The predicted octanol–water partition coefficient (Wildman–Crippen LogP) is 2.98. The van der Waals surface area contributed by atoms with E-state index in [1.165, 1.54) is 0 Å². The lowest BCUT2D eigenvalue weighted by atomic mass is 10.2. The summed E-state index contributed by atoms with van der Waals surface area (Å²) in [7, 11) is 3.18. The Kier molecular flexibility index (Phi) is 5.74. The van der Waals surface area contributed by atoms with Crippen molar-refractivity contribution in [1.29, 1.82) is 0 Å². The number of hydrogen-bond donors (Lipinski definition) is 2. The van der Waals surface area contributed by atoms with Gasteiger partial charge in [-0.25, -0.2) is 0 Å². The number of nitrogens with zero attached hydrogens (tertiary/aromatic N) is 2. The lowest BCUT2D eigenvalue weighted by Crippen LogP contribution is -2.12. The van der Waals surface area contributed by atoms with Gasteiger partial charge in [-0.3, -0.25) is 4.79 Å². The second-order valence-corrected chi connectivity index (χ2v) is 4.79. The molecule has 0 spiro atoms. The minimum Gasteiger partial charge on any atom is -0.497 e. The van der Waals surface area contributed by atoms with Gasteiger partial charge >= 0.3 is 0 Å². The lowest BCUT2D eigenvalue weighted by molar-refractivity contribution is -0.116. The second-order valence-electron chi connectivity index (χ2n) is 4.79. The third-order valence-corrected chi connectivity index (χ3v) is 3.08. The smallest absolute Gasteiger partial charge is 0.225 e. The number of hydrogen-bond acceptors (Lipinski definition) is 6. The van der Waals surface area contributed by atoms with Gasteiger partial charge in [0.25, 0.3) is 0 Å². The van der Waals surface area contributed by atoms with Crippen LogP contribution in [-0.2, 0) is 4.79 Å². The SMILES string of the molecule is CCCC(=O)Nc1ccc(Nc2cc(OC)ccc2OC)nn1. The number of methoxy groups -OCH3 is 2. The van der Waals surface area contributed by atoms with Crippen molar-refractivity contribution in [2.45, 2.75) is 19.8 Å². The third-order valence-electron chi connectivity index (χ3n) is 3.08. The van der Waals surface area contributed by atoms with Crippen molar-refractivity contribution in [3.05, 3.63) is 30.3 Å². The number of carbonyl (C=O) groups is 1. The molecule has 23 heavy (non-hydrogen) atoms. The lowest BCUT2D eigenvalue weighted by Gasteiger charge is -2.12. The summed E-state index contributed by atoms with van der Waals surface area (Å²) in [5, 5.41) is 13.8. The van der Waals surface area contributed by atoms with E-state index in [2.05, 4.69) is 20.8 Å². The van der Waals surface area contributed by atoms with Crippen molar-refractivity contribution in [1.82, 2.24) is 10.2 Å². The Morgan fingerprint density at radius 3 is 2.43 bits per heavy atom. The first-order valence-electron chi connectivity index (χ1n) is 7.29. The molecule has 7 heteroatoms. The zero-order chi connectivity index (χ0) is 16.7. The topological polar surface area (TPSA) is 85.4 Å². The fourth-order valence-electron chi connectivity index (χ4n) is 1.95. The maximum absolute atomic E-state index is 11.5. The number of aromatic nitrogens is 2. The van der Waals surface area contributed by atoms with Crippen LogP contribution >= 0.6 is 0 Å². The highest BCUT2D eigenvalue weighted by atomic mass is 16.5. The molecule has 0 bridgehead atoms. The average Bonchev–Trinajstić information content (AvgIpc) is 2.56. The molecule has 0 aliphatic heterocycles. The maximum Gasteiger partial charge on any atom is 0.225 e. The summed E-state index contributed by atoms with van der Waals surface area (Å²) < 4.78 is 10.5. The molecule has 2 N–H and O–H groups in total. The summed E-state index contributed by atoms with van der Waals surface area (Å²) in [6, 6.07) is 8.83. The summed E-state index contributed by atoms with van der Waals surface area (Å²) in [6.07, 6.45) is 1.25. The molecule has 0 aliphatic rings. The zero-order valence-electron chi connectivity index (χ0n) is 13.4. The van der Waals surface area contributed by atoms with E-state index >= 15 is 0 Å². The van der Waals surface area contributed by atoms with Crippen LogP contribution < -0.4 is 20.1 Å². The molecule has 0 aliphatic carbocycles. The van der Waals surface area contributed by atoms with Gasteiger partial charge in [-0.2, -0.15) is 0 Å². The number of amides is 1. The van der Waals surface area contributed by atoms with Crippen molar-refractivity contribution >= 4 is 23.2 Å². The normalized spacial score (nSPS) is 10.0. The van der Waals surface area contributed by atoms with Gasteiger partial charge in [0.2, 0.25) is 5.91 Å². The van der Waals surface area contributed by atoms with Crippen LogP contribution in [0.25, 0.3) is 0 Å². The molecule has 1 heterocycles. The Balaban J connectivity index is 2.10. The quantitative estimate of drug-likeness (QED) is 0.817. The van der Waals surface area contributed by atoms with Gasteiger partial charge in [0.1, 0.15) is 11.5 Å². The second kappa shape index (κ2) is 7.98. The Morgan fingerprint density at radius 1 is 1.09 bits per heavy atom. The van der Waals surface area contributed by atoms with Crippen LogP contribution in [0.5, 0.6) is 11.5 Å². The van der Waals surface area contributed by atoms with Crippen molar-refractivity contribution in [2.24, 2.45) is 0 Å². The van der Waals surface area contributed by atoms with Crippen LogP contribution in [0.1, 0.15) is 19.8 Å². The van der Waals surface area contributed by atoms with Crippen LogP contribution in [0.3, 0.4) is 0 Å². The van der Waals surface area contributed by atoms with Gasteiger partial charge in [-0.1, -0.05) is 6.92 Å². The first-order valence-corrected chi connectivity index (χ1v) is 7.29. The van der Waals surface area contributed by atoms with Crippen LogP contribution in [0.2, 0.25) is 0 Å². The van der Waals surface area contributed by atoms with Crippen molar-refractivity contribution in [3.8, 4) is 11.5 Å². The van der Waals surface area contributed by atoms with Crippen LogP contribution in [0, 0.1) is 0 Å². The first kappa shape index (κ1) is 16.5. The molecular formula is C16H20N4O3. The summed E-state index contributed by atoms with van der Waals surface area (Å²) in [4.78, 5) is 11.5. The van der Waals surface area contributed by atoms with Crippen molar-refractivity contribution in [3.63, 3.8) is 0 Å². The molecule has 1 aromatic carbocycles. The Labute approximate surface area is 135 Å². The van der Waals surface area contributed by atoms with Crippen molar-refractivity contribution in [2.75, 3.05) is 24.9 Å². The van der Waals surface area contributed by atoms with E-state index in [1.807, 2.05) is 13.0 Å². The highest BCUT2D eigenvalue weighted by molar-refractivity contribution is 5.89. The predicted molar refractivity (Wildman–Crippen MR) is 88.4 cm³/mol. The van der Waals surface area contributed by atoms with Gasteiger partial charge in [0.15, 0.2) is 11.6 Å². The largest absolute Gasteiger partial charge is 0.497 e. The number of nitrogens with one attached hydrogen (secondary N) is 2. The van der Waals surface area contributed by atoms with Crippen LogP contribution in [0.15, 0.2) is 30.3 Å². The Morgan fingerprint density at radius 2 is 1.83 bits per heavy atom. The Hall–Kier alpha value is -2.83. The third kappa shape index (κ3) is 4.57. The summed E-state index contributed by atoms with van der Waals surface area (Å²) in [5.74, 6) is 2.24. The van der Waals surface area contributed by atoms with Crippen LogP contribution in [-0.4, -0.2) is 30.3 Å². The fraction of sp³-hybridized carbons (Fsp3) is 0.312. The van der Waals surface area contributed by atoms with Gasteiger partial charge in [-0.15, -0.1) is 10.2 Å². The number of ether oxygens (including phenoxy) is 2. The minimum absolute atomic E-state index is 0.0722. The summed E-state index contributed by atoms with van der Waals surface area (Å²) in [6.45, 7) is 1.94. The van der Waals surface area contributed by atoms with Crippen LogP contribution in [0.4, 0.5) is 17.3 Å². The number of anilines is 3. The van der Waals surface area contributed by atoms with E-state index in [1.54, 1.807) is 38.5 Å². The number of benzene rings is 1. The summed E-state index contributed by atoms with van der Waals surface area (Å²) in [5.41, 5.74) is 0.712. The monoisotopic (exact) mass is 316 g/mol.